The molecule has 4 rings (SSSR count). The first-order chi connectivity index (χ1) is 14.5. The number of primary amides is 1. The second-order valence-electron chi connectivity index (χ2n) is 6.73. The number of nitrogens with zero attached hydrogens (tertiary/aromatic N) is 5. The molecule has 2 aromatic carbocycles. The van der Waals surface area contributed by atoms with Gasteiger partial charge < -0.3 is 21.1 Å². The third kappa shape index (κ3) is 3.86. The molecule has 0 aliphatic rings. The van der Waals surface area contributed by atoms with Gasteiger partial charge in [0.15, 0.2) is 5.65 Å². The van der Waals surface area contributed by atoms with Crippen LogP contribution in [0.15, 0.2) is 60.9 Å². The molecule has 0 atom stereocenters. The van der Waals surface area contributed by atoms with Gasteiger partial charge in [-0.2, -0.15) is 5.10 Å². The van der Waals surface area contributed by atoms with Gasteiger partial charge in [-0.05, 0) is 36.4 Å². The highest BCUT2D eigenvalue weighted by Gasteiger charge is 2.17. The first-order valence-electron chi connectivity index (χ1n) is 9.34. The van der Waals surface area contributed by atoms with Crippen molar-refractivity contribution in [3.05, 3.63) is 60.9 Å². The van der Waals surface area contributed by atoms with Crippen LogP contribution in [0, 0.1) is 0 Å². The van der Waals surface area contributed by atoms with Gasteiger partial charge in [-0.15, -0.1) is 0 Å². The molecule has 0 radical (unpaired) electrons. The van der Waals surface area contributed by atoms with Gasteiger partial charge in [-0.1, -0.05) is 18.2 Å². The van der Waals surface area contributed by atoms with E-state index in [4.69, 9.17) is 16.2 Å². The van der Waals surface area contributed by atoms with E-state index in [1.54, 1.807) is 11.7 Å². The van der Waals surface area contributed by atoms with E-state index >= 15 is 0 Å². The smallest absolute Gasteiger partial charge is 0.314 e. The summed E-state index contributed by atoms with van der Waals surface area (Å²) in [6, 6.07) is 16.6. The number of para-hydroxylation sites is 1. The lowest BCUT2D eigenvalue weighted by Crippen LogP contribution is -2.34. The number of amides is 2. The number of rotatable bonds is 6. The van der Waals surface area contributed by atoms with Crippen molar-refractivity contribution in [3.63, 3.8) is 0 Å². The number of likely N-dealkylation sites (N-methyl/N-ethyl adjacent to an activating group) is 1. The Bertz CT molecular complexity index is 1170. The Morgan fingerprint density at radius 2 is 1.77 bits per heavy atom. The number of urea groups is 1. The van der Waals surface area contributed by atoms with E-state index in [0.29, 0.717) is 41.4 Å². The van der Waals surface area contributed by atoms with Crippen LogP contribution >= 0.6 is 0 Å². The molecule has 2 amide bonds. The summed E-state index contributed by atoms with van der Waals surface area (Å²) in [6.45, 7) is 0.806. The Morgan fingerprint density at radius 3 is 2.47 bits per heavy atom. The van der Waals surface area contributed by atoms with Gasteiger partial charge in [0.25, 0.3) is 0 Å². The molecule has 0 spiro atoms. The summed E-state index contributed by atoms with van der Waals surface area (Å²) in [5.41, 5.74) is 13.5. The van der Waals surface area contributed by atoms with Crippen LogP contribution in [0.2, 0.25) is 0 Å². The maximum absolute atomic E-state index is 11.3. The number of fused-ring (bicyclic) bond motifs is 1. The summed E-state index contributed by atoms with van der Waals surface area (Å²) in [7, 11) is 1.63. The molecule has 9 heteroatoms. The zero-order valence-electron chi connectivity index (χ0n) is 16.4. The molecule has 9 nitrogen and oxygen atoms in total. The number of ether oxygens (including phenoxy) is 1. The predicted octanol–water partition coefficient (Wildman–Crippen LogP) is 2.88. The minimum absolute atomic E-state index is 0.342. The molecular formula is C21H21N7O2. The number of nitrogen functional groups attached to an aromatic ring is 1. The summed E-state index contributed by atoms with van der Waals surface area (Å²) in [5.74, 6) is 1.81. The van der Waals surface area contributed by atoms with Crippen molar-refractivity contribution in [2.75, 3.05) is 19.3 Å². The van der Waals surface area contributed by atoms with Crippen LogP contribution in [-0.4, -0.2) is 44.3 Å². The van der Waals surface area contributed by atoms with Crippen molar-refractivity contribution in [1.82, 2.24) is 24.6 Å². The molecule has 30 heavy (non-hydrogen) atoms. The number of hydrogen-bond acceptors (Lipinski definition) is 6. The summed E-state index contributed by atoms with van der Waals surface area (Å²) in [6.07, 6.45) is 1.40. The van der Waals surface area contributed by atoms with E-state index in [9.17, 15) is 4.79 Å². The van der Waals surface area contributed by atoms with Crippen molar-refractivity contribution in [2.24, 2.45) is 5.73 Å². The Labute approximate surface area is 172 Å². The van der Waals surface area contributed by atoms with Gasteiger partial charge in [0.05, 0.1) is 11.9 Å². The zero-order chi connectivity index (χ0) is 21.1. The lowest BCUT2D eigenvalue weighted by Gasteiger charge is -2.13. The fourth-order valence-corrected chi connectivity index (χ4v) is 3.05. The van der Waals surface area contributed by atoms with Gasteiger partial charge in [0.1, 0.15) is 29.3 Å². The number of aromatic nitrogens is 4. The van der Waals surface area contributed by atoms with Crippen molar-refractivity contribution < 1.29 is 9.53 Å². The minimum atomic E-state index is -0.505. The van der Waals surface area contributed by atoms with Gasteiger partial charge in [0.2, 0.25) is 0 Å². The van der Waals surface area contributed by atoms with Crippen LogP contribution in [0.1, 0.15) is 0 Å². The van der Waals surface area contributed by atoms with Gasteiger partial charge in [0, 0.05) is 19.2 Å². The molecular weight excluding hydrogens is 382 g/mol. The number of carbonyl (C=O) groups is 1. The van der Waals surface area contributed by atoms with E-state index in [-0.39, 0.29) is 0 Å². The van der Waals surface area contributed by atoms with E-state index < -0.39 is 6.03 Å². The maximum Gasteiger partial charge on any atom is 0.314 e. The van der Waals surface area contributed by atoms with Gasteiger partial charge in [-0.25, -0.2) is 19.4 Å². The van der Waals surface area contributed by atoms with Gasteiger partial charge >= 0.3 is 6.03 Å². The second kappa shape index (κ2) is 8.08. The predicted molar refractivity (Wildman–Crippen MR) is 114 cm³/mol. The van der Waals surface area contributed by atoms with Crippen LogP contribution in [0.5, 0.6) is 11.5 Å². The van der Waals surface area contributed by atoms with Crippen molar-refractivity contribution >= 4 is 22.9 Å². The fourth-order valence-electron chi connectivity index (χ4n) is 3.05. The highest BCUT2D eigenvalue weighted by Crippen LogP contribution is 2.31. The molecule has 0 saturated carbocycles. The van der Waals surface area contributed by atoms with Crippen molar-refractivity contribution in [1.29, 1.82) is 0 Å². The molecule has 2 aromatic heterocycles. The average molecular weight is 403 g/mol. The molecule has 152 valence electrons. The molecule has 0 aliphatic carbocycles. The molecule has 0 fully saturated rings. The summed E-state index contributed by atoms with van der Waals surface area (Å²) in [4.78, 5) is 21.1. The third-order valence-electron chi connectivity index (χ3n) is 4.69. The molecule has 0 saturated heterocycles. The maximum atomic E-state index is 11.3. The average Bonchev–Trinajstić information content (AvgIpc) is 3.13. The van der Waals surface area contributed by atoms with Crippen LogP contribution in [0.3, 0.4) is 0 Å². The highest BCUT2D eigenvalue weighted by molar-refractivity contribution is 5.98. The van der Waals surface area contributed by atoms with Crippen LogP contribution in [-0.2, 0) is 6.54 Å². The van der Waals surface area contributed by atoms with E-state index in [1.165, 1.54) is 11.2 Å². The third-order valence-corrected chi connectivity index (χ3v) is 4.69. The molecule has 0 unspecified atom stereocenters. The summed E-state index contributed by atoms with van der Waals surface area (Å²) < 4.78 is 7.55. The normalized spacial score (nSPS) is 10.8. The Hall–Kier alpha value is -4.14. The number of carbonyl (C=O) groups excluding carboxylic acids is 1. The second-order valence-corrected chi connectivity index (χ2v) is 6.73. The highest BCUT2D eigenvalue weighted by atomic mass is 16.5. The number of anilines is 1. The molecule has 4 N–H and O–H groups in total. The molecule has 4 aromatic rings. The van der Waals surface area contributed by atoms with Crippen LogP contribution in [0.25, 0.3) is 22.3 Å². The SMILES string of the molecule is CN(CCn1nc(-c2ccc(Oc3ccccc3)cc2)c2c(N)ncnc21)C(N)=O. The topological polar surface area (TPSA) is 125 Å². The summed E-state index contributed by atoms with van der Waals surface area (Å²) >= 11 is 0. The number of hydrogen-bond donors (Lipinski definition) is 2. The Morgan fingerprint density at radius 1 is 1.07 bits per heavy atom. The summed E-state index contributed by atoms with van der Waals surface area (Å²) in [5, 5.41) is 5.34. The minimum Gasteiger partial charge on any atom is -0.457 e. The fraction of sp³-hybridized carbons (Fsp3) is 0.143. The number of benzene rings is 2. The lowest BCUT2D eigenvalue weighted by atomic mass is 10.1. The van der Waals surface area contributed by atoms with Crippen LogP contribution < -0.4 is 16.2 Å². The molecule has 2 heterocycles. The number of nitrogens with two attached hydrogens (primary N) is 2. The van der Waals surface area contributed by atoms with Crippen molar-refractivity contribution in [2.45, 2.75) is 6.54 Å². The quantitative estimate of drug-likeness (QED) is 0.510. The zero-order valence-corrected chi connectivity index (χ0v) is 16.4. The van der Waals surface area contributed by atoms with Gasteiger partial charge in [-0.3, -0.25) is 0 Å². The monoisotopic (exact) mass is 403 g/mol. The van der Waals surface area contributed by atoms with E-state index in [2.05, 4.69) is 15.1 Å². The Kier molecular flexibility index (Phi) is 5.17. The van der Waals surface area contributed by atoms with Crippen LogP contribution in [0.4, 0.5) is 10.6 Å². The lowest BCUT2D eigenvalue weighted by molar-refractivity contribution is 0.216. The molecule has 0 aliphatic heterocycles. The van der Waals surface area contributed by atoms with Crippen molar-refractivity contribution in [3.8, 4) is 22.8 Å². The standard InChI is InChI=1S/C21H21N7O2/c1-27(21(23)29)11-12-28-20-17(19(22)24-13-25-20)18(26-28)14-7-9-16(10-8-14)30-15-5-3-2-4-6-15/h2-10,13H,11-12H2,1H3,(H2,23,29)(H2,22,24,25). The first-order valence-corrected chi connectivity index (χ1v) is 9.34. The van der Waals surface area contributed by atoms with E-state index in [0.717, 1.165) is 11.3 Å². The largest absolute Gasteiger partial charge is 0.457 e. The Balaban J connectivity index is 1.65. The van der Waals surface area contributed by atoms with E-state index in [1.807, 2.05) is 54.6 Å². The molecule has 0 bridgehead atoms. The first kappa shape index (κ1) is 19.2.